The lowest BCUT2D eigenvalue weighted by atomic mass is 9.91. The van der Waals surface area contributed by atoms with Crippen molar-refractivity contribution in [2.45, 2.75) is 111 Å². The number of aliphatic hydroxyl groups excluding tert-OH is 3. The van der Waals surface area contributed by atoms with Crippen LogP contribution in [0.4, 0.5) is 0 Å². The molecule has 0 spiro atoms. The number of hydrogen-bond donors (Lipinski definition) is 3. The molecule has 29 heavy (non-hydrogen) atoms. The van der Waals surface area contributed by atoms with Crippen LogP contribution in [0, 0.1) is 17.8 Å². The zero-order chi connectivity index (χ0) is 22.1. The third kappa shape index (κ3) is 18.1. The summed E-state index contributed by atoms with van der Waals surface area (Å²) in [5, 5.41) is 27.5. The van der Waals surface area contributed by atoms with Gasteiger partial charge in [-0.2, -0.15) is 0 Å². The SMILES string of the molecule is CC(=CCCOCC(O)C(O)CO)CCCC(C)CCCC(C)CCCC(C)C. The Bertz CT molecular complexity index is 394. The fraction of sp³-hybridized carbons (Fsp3) is 0.920. The minimum atomic E-state index is -1.12. The highest BCUT2D eigenvalue weighted by molar-refractivity contribution is 4.97. The Labute approximate surface area is 180 Å². The Kier molecular flexibility index (Phi) is 18.1. The van der Waals surface area contributed by atoms with E-state index in [2.05, 4.69) is 40.7 Å². The second kappa shape index (κ2) is 18.4. The maximum absolute atomic E-state index is 9.49. The molecule has 0 fully saturated rings. The van der Waals surface area contributed by atoms with Crippen molar-refractivity contribution in [1.82, 2.24) is 0 Å². The van der Waals surface area contributed by atoms with Crippen LogP contribution in [-0.2, 0) is 4.74 Å². The molecule has 0 aromatic carbocycles. The van der Waals surface area contributed by atoms with Crippen molar-refractivity contribution in [3.8, 4) is 0 Å². The van der Waals surface area contributed by atoms with Gasteiger partial charge in [-0.05, 0) is 43.9 Å². The van der Waals surface area contributed by atoms with Gasteiger partial charge in [0, 0.05) is 0 Å². The zero-order valence-electron chi connectivity index (χ0n) is 19.9. The Morgan fingerprint density at radius 3 is 1.93 bits per heavy atom. The van der Waals surface area contributed by atoms with Gasteiger partial charge in [0.05, 0.1) is 19.8 Å². The van der Waals surface area contributed by atoms with Gasteiger partial charge < -0.3 is 20.1 Å². The largest absolute Gasteiger partial charge is 0.394 e. The third-order valence-electron chi connectivity index (χ3n) is 5.82. The molecule has 0 heterocycles. The van der Waals surface area contributed by atoms with Gasteiger partial charge in [0.25, 0.3) is 0 Å². The fourth-order valence-corrected chi connectivity index (χ4v) is 3.63. The summed E-state index contributed by atoms with van der Waals surface area (Å²) in [6, 6.07) is 0. The standard InChI is InChI=1S/C25H50O4/c1-20(2)10-6-11-21(3)12-7-13-22(4)14-8-15-23(5)16-9-17-29-19-25(28)24(27)18-26/h16,20-22,24-28H,6-15,17-19H2,1-5H3. The molecular formula is C25H50O4. The molecule has 0 aliphatic carbocycles. The molecule has 3 N–H and O–H groups in total. The second-order valence-corrected chi connectivity index (χ2v) is 9.59. The van der Waals surface area contributed by atoms with Crippen molar-refractivity contribution in [2.75, 3.05) is 19.8 Å². The fourth-order valence-electron chi connectivity index (χ4n) is 3.63. The van der Waals surface area contributed by atoms with Crippen LogP contribution in [0.3, 0.4) is 0 Å². The molecule has 4 nitrogen and oxygen atoms in total. The van der Waals surface area contributed by atoms with E-state index in [9.17, 15) is 10.2 Å². The summed E-state index contributed by atoms with van der Waals surface area (Å²) in [5.41, 5.74) is 1.40. The van der Waals surface area contributed by atoms with Gasteiger partial charge in [0.15, 0.2) is 0 Å². The molecule has 0 aliphatic heterocycles. The summed E-state index contributed by atoms with van der Waals surface area (Å²) in [6.45, 7) is 11.7. The van der Waals surface area contributed by atoms with Gasteiger partial charge >= 0.3 is 0 Å². The first-order valence-corrected chi connectivity index (χ1v) is 12.0. The minimum Gasteiger partial charge on any atom is -0.394 e. The average Bonchev–Trinajstić information content (AvgIpc) is 2.66. The highest BCUT2D eigenvalue weighted by Crippen LogP contribution is 2.22. The lowest BCUT2D eigenvalue weighted by Gasteiger charge is -2.15. The summed E-state index contributed by atoms with van der Waals surface area (Å²) < 4.78 is 5.35. The first-order chi connectivity index (χ1) is 13.8. The molecule has 0 saturated heterocycles. The highest BCUT2D eigenvalue weighted by Gasteiger charge is 2.14. The van der Waals surface area contributed by atoms with E-state index < -0.39 is 18.8 Å². The van der Waals surface area contributed by atoms with Gasteiger partial charge in [-0.3, -0.25) is 0 Å². The van der Waals surface area contributed by atoms with Crippen molar-refractivity contribution in [3.05, 3.63) is 11.6 Å². The maximum atomic E-state index is 9.49. The molecule has 4 heteroatoms. The molecule has 0 aromatic rings. The van der Waals surface area contributed by atoms with Crippen LogP contribution in [0.15, 0.2) is 11.6 Å². The second-order valence-electron chi connectivity index (χ2n) is 9.59. The topological polar surface area (TPSA) is 69.9 Å². The molecule has 0 saturated carbocycles. The van der Waals surface area contributed by atoms with Crippen LogP contribution < -0.4 is 0 Å². The summed E-state index contributed by atoms with van der Waals surface area (Å²) in [6.07, 6.45) is 12.8. The summed E-state index contributed by atoms with van der Waals surface area (Å²) in [4.78, 5) is 0. The lowest BCUT2D eigenvalue weighted by molar-refractivity contribution is -0.0560. The Hall–Kier alpha value is -0.420. The molecule has 0 radical (unpaired) electrons. The van der Waals surface area contributed by atoms with Crippen molar-refractivity contribution in [2.24, 2.45) is 17.8 Å². The van der Waals surface area contributed by atoms with E-state index in [1.165, 1.54) is 56.9 Å². The molecule has 0 amide bonds. The molecule has 0 aromatic heterocycles. The predicted molar refractivity (Wildman–Crippen MR) is 123 cm³/mol. The van der Waals surface area contributed by atoms with E-state index in [0.29, 0.717) is 6.61 Å². The molecule has 174 valence electrons. The van der Waals surface area contributed by atoms with E-state index in [4.69, 9.17) is 9.84 Å². The monoisotopic (exact) mass is 414 g/mol. The first kappa shape index (κ1) is 28.6. The number of ether oxygens (including phenoxy) is 1. The van der Waals surface area contributed by atoms with E-state index in [1.54, 1.807) is 0 Å². The molecule has 0 bridgehead atoms. The van der Waals surface area contributed by atoms with Crippen LogP contribution >= 0.6 is 0 Å². The Balaban J connectivity index is 3.66. The molecular weight excluding hydrogens is 364 g/mol. The lowest BCUT2D eigenvalue weighted by Crippen LogP contribution is -2.33. The Morgan fingerprint density at radius 1 is 0.828 bits per heavy atom. The summed E-state index contributed by atoms with van der Waals surface area (Å²) in [5.74, 6) is 2.53. The van der Waals surface area contributed by atoms with Crippen molar-refractivity contribution >= 4 is 0 Å². The third-order valence-corrected chi connectivity index (χ3v) is 5.82. The van der Waals surface area contributed by atoms with E-state index >= 15 is 0 Å². The maximum Gasteiger partial charge on any atom is 0.105 e. The number of aliphatic hydroxyl groups is 3. The smallest absolute Gasteiger partial charge is 0.105 e. The number of rotatable bonds is 19. The van der Waals surface area contributed by atoms with Gasteiger partial charge in [0.1, 0.15) is 12.2 Å². The van der Waals surface area contributed by atoms with Crippen LogP contribution in [0.2, 0.25) is 0 Å². The Morgan fingerprint density at radius 2 is 1.38 bits per heavy atom. The molecule has 4 atom stereocenters. The average molecular weight is 415 g/mol. The first-order valence-electron chi connectivity index (χ1n) is 12.0. The molecule has 0 aliphatic rings. The van der Waals surface area contributed by atoms with Gasteiger partial charge in [-0.15, -0.1) is 0 Å². The van der Waals surface area contributed by atoms with Crippen LogP contribution in [0.25, 0.3) is 0 Å². The molecule has 0 rings (SSSR count). The van der Waals surface area contributed by atoms with Crippen LogP contribution in [0.5, 0.6) is 0 Å². The summed E-state index contributed by atoms with van der Waals surface area (Å²) >= 11 is 0. The van der Waals surface area contributed by atoms with E-state index in [0.717, 1.165) is 30.6 Å². The highest BCUT2D eigenvalue weighted by atomic mass is 16.5. The van der Waals surface area contributed by atoms with Gasteiger partial charge in [-0.25, -0.2) is 0 Å². The van der Waals surface area contributed by atoms with E-state index in [-0.39, 0.29) is 6.61 Å². The van der Waals surface area contributed by atoms with Crippen LogP contribution in [-0.4, -0.2) is 47.3 Å². The van der Waals surface area contributed by atoms with Crippen molar-refractivity contribution in [3.63, 3.8) is 0 Å². The minimum absolute atomic E-state index is 0.0580. The zero-order valence-corrected chi connectivity index (χ0v) is 19.9. The van der Waals surface area contributed by atoms with E-state index in [1.807, 2.05) is 0 Å². The van der Waals surface area contributed by atoms with Gasteiger partial charge in [0.2, 0.25) is 0 Å². The van der Waals surface area contributed by atoms with Gasteiger partial charge in [-0.1, -0.05) is 84.3 Å². The number of hydrogen-bond acceptors (Lipinski definition) is 4. The van der Waals surface area contributed by atoms with Crippen LogP contribution in [0.1, 0.15) is 98.8 Å². The predicted octanol–water partition coefficient (Wildman–Crippen LogP) is 5.49. The van der Waals surface area contributed by atoms with Crippen molar-refractivity contribution < 1.29 is 20.1 Å². The summed E-state index contributed by atoms with van der Waals surface area (Å²) in [7, 11) is 0. The normalized spacial score (nSPS) is 16.8. The number of allylic oxidation sites excluding steroid dienone is 1. The molecule has 4 unspecified atom stereocenters. The van der Waals surface area contributed by atoms with Crippen molar-refractivity contribution in [1.29, 1.82) is 0 Å². The quantitative estimate of drug-likeness (QED) is 0.193.